The number of aromatic nitrogens is 1. The molecule has 3 unspecified atom stereocenters. The van der Waals surface area contributed by atoms with Crippen LogP contribution in [-0.2, 0) is 0 Å². The Morgan fingerprint density at radius 3 is 2.81 bits per heavy atom. The first kappa shape index (κ1) is 10.00. The molecule has 0 amide bonds. The van der Waals surface area contributed by atoms with E-state index in [1.165, 1.54) is 16.9 Å². The molecule has 1 aliphatic rings. The molecule has 0 saturated heterocycles. The highest BCUT2D eigenvalue weighted by molar-refractivity contribution is 7.09. The molecular weight excluding hydrogens is 218 g/mol. The van der Waals surface area contributed by atoms with Crippen LogP contribution in [0.1, 0.15) is 29.0 Å². The molecular formula is C13H13NOS. The molecule has 82 valence electrons. The van der Waals surface area contributed by atoms with Gasteiger partial charge in [-0.15, -0.1) is 11.3 Å². The number of aliphatic hydroxyl groups is 1. The van der Waals surface area contributed by atoms with Crippen molar-refractivity contribution in [3.05, 3.63) is 52.5 Å². The van der Waals surface area contributed by atoms with Gasteiger partial charge in [0.05, 0.1) is 0 Å². The smallest absolute Gasteiger partial charge is 0.121 e. The minimum atomic E-state index is -0.384. The average molecular weight is 231 g/mol. The number of rotatable bonds is 3. The van der Waals surface area contributed by atoms with E-state index in [1.807, 2.05) is 11.4 Å². The van der Waals surface area contributed by atoms with Crippen molar-refractivity contribution < 1.29 is 5.11 Å². The van der Waals surface area contributed by atoms with Crippen LogP contribution in [0.15, 0.2) is 41.9 Å². The Bertz CT molecular complexity index is 454. The molecule has 0 radical (unpaired) electrons. The molecule has 3 atom stereocenters. The molecule has 1 aromatic carbocycles. The number of nitrogens with zero attached hydrogens (tertiary/aromatic N) is 1. The van der Waals surface area contributed by atoms with Crippen molar-refractivity contribution in [2.75, 3.05) is 0 Å². The van der Waals surface area contributed by atoms with Crippen LogP contribution < -0.4 is 0 Å². The van der Waals surface area contributed by atoms with E-state index < -0.39 is 0 Å². The highest BCUT2D eigenvalue weighted by atomic mass is 32.1. The second-order valence-corrected chi connectivity index (χ2v) is 5.16. The molecule has 1 saturated carbocycles. The van der Waals surface area contributed by atoms with Gasteiger partial charge in [-0.05, 0) is 23.8 Å². The number of thiazole rings is 1. The number of hydrogen-bond acceptors (Lipinski definition) is 3. The van der Waals surface area contributed by atoms with Gasteiger partial charge >= 0.3 is 0 Å². The van der Waals surface area contributed by atoms with Gasteiger partial charge in [0.1, 0.15) is 11.1 Å². The second kappa shape index (κ2) is 4.00. The summed E-state index contributed by atoms with van der Waals surface area (Å²) in [5.41, 5.74) is 1.34. The molecule has 0 aliphatic heterocycles. The van der Waals surface area contributed by atoms with E-state index in [1.54, 1.807) is 6.20 Å². The van der Waals surface area contributed by atoms with Crippen molar-refractivity contribution in [1.82, 2.24) is 4.98 Å². The third-order valence-electron chi connectivity index (χ3n) is 3.18. The van der Waals surface area contributed by atoms with Gasteiger partial charge in [0.15, 0.2) is 0 Å². The topological polar surface area (TPSA) is 33.1 Å². The highest BCUT2D eigenvalue weighted by Crippen LogP contribution is 2.54. The molecule has 3 rings (SSSR count). The summed E-state index contributed by atoms with van der Waals surface area (Å²) in [5.74, 6) is 0.869. The molecule has 1 aromatic heterocycles. The minimum absolute atomic E-state index is 0.355. The van der Waals surface area contributed by atoms with Gasteiger partial charge < -0.3 is 5.11 Å². The first-order valence-corrected chi connectivity index (χ1v) is 6.36. The third-order valence-corrected chi connectivity index (χ3v) is 4.02. The van der Waals surface area contributed by atoms with Gasteiger partial charge in [-0.3, -0.25) is 0 Å². The van der Waals surface area contributed by atoms with Crippen molar-refractivity contribution in [3.8, 4) is 0 Å². The zero-order valence-electron chi connectivity index (χ0n) is 8.78. The second-order valence-electron chi connectivity index (χ2n) is 4.23. The van der Waals surface area contributed by atoms with Crippen molar-refractivity contribution >= 4 is 11.3 Å². The summed E-state index contributed by atoms with van der Waals surface area (Å²) in [4.78, 5) is 4.17. The van der Waals surface area contributed by atoms with Gasteiger partial charge in [-0.25, -0.2) is 4.98 Å². The van der Waals surface area contributed by atoms with Crippen molar-refractivity contribution in [3.63, 3.8) is 0 Å². The number of benzene rings is 1. The Kier molecular flexibility index (Phi) is 2.50. The maximum absolute atomic E-state index is 10.1. The van der Waals surface area contributed by atoms with Gasteiger partial charge in [-0.2, -0.15) is 0 Å². The molecule has 16 heavy (non-hydrogen) atoms. The normalized spacial score (nSPS) is 25.3. The maximum atomic E-state index is 10.1. The van der Waals surface area contributed by atoms with Crippen LogP contribution in [0.3, 0.4) is 0 Å². The van der Waals surface area contributed by atoms with E-state index in [4.69, 9.17) is 0 Å². The first-order valence-electron chi connectivity index (χ1n) is 5.48. The van der Waals surface area contributed by atoms with Crippen molar-refractivity contribution in [1.29, 1.82) is 0 Å². The standard InChI is InChI=1S/C13H13NOS/c15-12(13-14-6-7-16-13)11-8-10(11)9-4-2-1-3-5-9/h1-7,10-12,15H,8H2. The Hall–Kier alpha value is -1.19. The zero-order valence-corrected chi connectivity index (χ0v) is 9.60. The molecule has 2 nitrogen and oxygen atoms in total. The first-order chi connectivity index (χ1) is 7.86. The summed E-state index contributed by atoms with van der Waals surface area (Å²) in [6.45, 7) is 0. The molecule has 0 spiro atoms. The Morgan fingerprint density at radius 1 is 1.31 bits per heavy atom. The van der Waals surface area contributed by atoms with E-state index in [0.717, 1.165) is 11.4 Å². The maximum Gasteiger partial charge on any atom is 0.121 e. The van der Waals surface area contributed by atoms with Crippen LogP contribution in [0.5, 0.6) is 0 Å². The fraction of sp³-hybridized carbons (Fsp3) is 0.308. The molecule has 1 heterocycles. The summed E-state index contributed by atoms with van der Waals surface area (Å²) < 4.78 is 0. The Labute approximate surface area is 98.6 Å². The van der Waals surface area contributed by atoms with Crippen molar-refractivity contribution in [2.24, 2.45) is 5.92 Å². The SMILES string of the molecule is OC(c1nccs1)C1CC1c1ccccc1. The third kappa shape index (κ3) is 1.77. The average Bonchev–Trinajstić information content (AvgIpc) is 2.95. The monoisotopic (exact) mass is 231 g/mol. The van der Waals surface area contributed by atoms with E-state index >= 15 is 0 Å². The molecule has 1 aliphatic carbocycles. The largest absolute Gasteiger partial charge is 0.386 e. The summed E-state index contributed by atoms with van der Waals surface area (Å²) >= 11 is 1.54. The van der Waals surface area contributed by atoms with Gasteiger partial charge in [-0.1, -0.05) is 30.3 Å². The molecule has 2 aromatic rings. The van der Waals surface area contributed by atoms with Crippen LogP contribution in [0.25, 0.3) is 0 Å². The van der Waals surface area contributed by atoms with Crippen LogP contribution in [-0.4, -0.2) is 10.1 Å². The van der Waals surface area contributed by atoms with Crippen LogP contribution in [0, 0.1) is 5.92 Å². The molecule has 1 N–H and O–H groups in total. The lowest BCUT2D eigenvalue weighted by atomic mass is 10.1. The lowest BCUT2D eigenvalue weighted by Crippen LogP contribution is -2.00. The van der Waals surface area contributed by atoms with Gasteiger partial charge in [0, 0.05) is 11.6 Å². The van der Waals surface area contributed by atoms with Crippen molar-refractivity contribution in [2.45, 2.75) is 18.4 Å². The van der Waals surface area contributed by atoms with Crippen LogP contribution in [0.4, 0.5) is 0 Å². The zero-order chi connectivity index (χ0) is 11.0. The van der Waals surface area contributed by atoms with Crippen LogP contribution >= 0.6 is 11.3 Å². The predicted molar refractivity (Wildman–Crippen MR) is 64.4 cm³/mol. The number of aliphatic hydroxyl groups excluding tert-OH is 1. The van der Waals surface area contributed by atoms with E-state index in [-0.39, 0.29) is 6.10 Å². The van der Waals surface area contributed by atoms with Gasteiger partial charge in [0.25, 0.3) is 0 Å². The fourth-order valence-electron chi connectivity index (χ4n) is 2.21. The van der Waals surface area contributed by atoms with E-state index in [0.29, 0.717) is 11.8 Å². The van der Waals surface area contributed by atoms with Crippen LogP contribution in [0.2, 0.25) is 0 Å². The van der Waals surface area contributed by atoms with Gasteiger partial charge in [0.2, 0.25) is 0 Å². The summed E-state index contributed by atoms with van der Waals surface area (Å²) in [7, 11) is 0. The molecule has 3 heteroatoms. The lowest BCUT2D eigenvalue weighted by Gasteiger charge is -2.06. The minimum Gasteiger partial charge on any atom is -0.386 e. The Morgan fingerprint density at radius 2 is 2.12 bits per heavy atom. The number of hydrogen-bond donors (Lipinski definition) is 1. The summed E-state index contributed by atoms with van der Waals surface area (Å²) in [6, 6.07) is 10.4. The molecule has 1 fully saturated rings. The lowest BCUT2D eigenvalue weighted by molar-refractivity contribution is 0.151. The summed E-state index contributed by atoms with van der Waals surface area (Å²) in [6.07, 6.45) is 2.44. The quantitative estimate of drug-likeness (QED) is 0.881. The van der Waals surface area contributed by atoms with E-state index in [9.17, 15) is 5.11 Å². The Balaban J connectivity index is 1.73. The summed E-state index contributed by atoms with van der Waals surface area (Å²) in [5, 5.41) is 12.9. The molecule has 0 bridgehead atoms. The van der Waals surface area contributed by atoms with E-state index in [2.05, 4.69) is 29.2 Å². The predicted octanol–water partition coefficient (Wildman–Crippen LogP) is 2.98. The highest BCUT2D eigenvalue weighted by Gasteiger charge is 2.44. The fourth-order valence-corrected chi connectivity index (χ4v) is 2.91.